The van der Waals surface area contributed by atoms with E-state index in [1.54, 1.807) is 18.2 Å². The molecular weight excluding hydrogens is 730 g/mol. The van der Waals surface area contributed by atoms with Gasteiger partial charge < -0.3 is 19.9 Å². The molecule has 3 aromatic rings. The van der Waals surface area contributed by atoms with Gasteiger partial charge in [0.15, 0.2) is 6.61 Å². The van der Waals surface area contributed by atoms with Gasteiger partial charge in [-0.2, -0.15) is 0 Å². The lowest BCUT2D eigenvalue weighted by atomic mass is 9.93. The van der Waals surface area contributed by atoms with Crippen molar-refractivity contribution in [2.24, 2.45) is 0 Å². The number of fused-ring (bicyclic) bond motifs is 1. The molecule has 0 aromatic heterocycles. The van der Waals surface area contributed by atoms with Crippen LogP contribution in [-0.2, 0) is 20.9 Å². The Balaban J connectivity index is 0.811. The highest BCUT2D eigenvalue weighted by atomic mass is 19.1. The first kappa shape index (κ1) is 40.0. The summed E-state index contributed by atoms with van der Waals surface area (Å²) in [6, 6.07) is 18.2. The number of carbonyl (C=O) groups excluding carboxylic acids is 5. The van der Waals surface area contributed by atoms with Gasteiger partial charge >= 0.3 is 0 Å². The Kier molecular flexibility index (Phi) is 12.3. The van der Waals surface area contributed by atoms with Crippen molar-refractivity contribution in [1.29, 1.82) is 0 Å². The maximum Gasteiger partial charge on any atom is 0.266 e. The van der Waals surface area contributed by atoms with Crippen molar-refractivity contribution < 1.29 is 33.1 Å². The molecule has 14 heteroatoms. The number of nitrogens with one attached hydrogen (secondary N) is 2. The van der Waals surface area contributed by atoms with Crippen LogP contribution in [0.15, 0.2) is 60.7 Å². The standard InChI is InChI=1S/C43H52FN7O6/c1-28-8-6-10-34(44)32(28)24-49-25-33(36(26-49)47(2)3)29-12-14-30(15-13-29)50-22-20-48(21-23-50)19-5-4-18-45-39(53)27-57-37-11-7-9-31-40(37)43(56)51(42(31)55)35-16-17-38(52)46-41(35)54/h6-15,33,35-36H,4-5,16-27H2,1-3H3,(H,45,53)(H,46,52,54)/t33-,35?,36+/m1/s1. The Morgan fingerprint density at radius 1 is 0.912 bits per heavy atom. The summed E-state index contributed by atoms with van der Waals surface area (Å²) in [6.07, 6.45) is 1.81. The molecule has 57 heavy (non-hydrogen) atoms. The zero-order chi connectivity index (χ0) is 40.2. The topological polar surface area (TPSA) is 135 Å². The Morgan fingerprint density at radius 2 is 1.67 bits per heavy atom. The Labute approximate surface area is 333 Å². The number of piperazine rings is 1. The van der Waals surface area contributed by atoms with Gasteiger partial charge in [0, 0.05) is 82.0 Å². The van der Waals surface area contributed by atoms with Crippen LogP contribution in [0.2, 0.25) is 0 Å². The van der Waals surface area contributed by atoms with Crippen LogP contribution < -0.4 is 20.3 Å². The number of carbonyl (C=O) groups is 5. The monoisotopic (exact) mass is 781 g/mol. The lowest BCUT2D eigenvalue weighted by Crippen LogP contribution is -2.54. The van der Waals surface area contributed by atoms with Gasteiger partial charge in [-0.15, -0.1) is 0 Å². The van der Waals surface area contributed by atoms with Crippen molar-refractivity contribution in [1.82, 2.24) is 30.2 Å². The van der Waals surface area contributed by atoms with E-state index in [9.17, 15) is 28.4 Å². The van der Waals surface area contributed by atoms with Gasteiger partial charge in [0.1, 0.15) is 17.6 Å². The number of imide groups is 2. The summed E-state index contributed by atoms with van der Waals surface area (Å²) in [5.41, 5.74) is 4.44. The van der Waals surface area contributed by atoms with Crippen LogP contribution in [-0.4, -0.2) is 134 Å². The number of likely N-dealkylation sites (tertiary alicyclic amines) is 1. The van der Waals surface area contributed by atoms with Crippen LogP contribution in [0, 0.1) is 12.7 Å². The molecule has 3 saturated heterocycles. The predicted octanol–water partition coefficient (Wildman–Crippen LogP) is 3.16. The quantitative estimate of drug-likeness (QED) is 0.186. The molecule has 0 spiro atoms. The summed E-state index contributed by atoms with van der Waals surface area (Å²) >= 11 is 0. The highest BCUT2D eigenvalue weighted by Gasteiger charge is 2.46. The predicted molar refractivity (Wildman–Crippen MR) is 213 cm³/mol. The van der Waals surface area contributed by atoms with Gasteiger partial charge in [0.05, 0.1) is 11.1 Å². The average Bonchev–Trinajstić information content (AvgIpc) is 3.74. The number of unbranched alkanes of at least 4 members (excludes halogenated alkanes) is 1. The number of hydrogen-bond donors (Lipinski definition) is 2. The maximum absolute atomic E-state index is 14.6. The van der Waals surface area contributed by atoms with Gasteiger partial charge in [-0.1, -0.05) is 30.3 Å². The van der Waals surface area contributed by atoms with Crippen LogP contribution in [0.1, 0.15) is 69.0 Å². The van der Waals surface area contributed by atoms with Crippen LogP contribution in [0.3, 0.4) is 0 Å². The number of piperidine rings is 1. The molecule has 4 heterocycles. The average molecular weight is 782 g/mol. The summed E-state index contributed by atoms with van der Waals surface area (Å²) in [5, 5.41) is 5.05. The van der Waals surface area contributed by atoms with E-state index in [1.165, 1.54) is 23.4 Å². The van der Waals surface area contributed by atoms with Crippen molar-refractivity contribution in [2.45, 2.75) is 57.2 Å². The second-order valence-corrected chi connectivity index (χ2v) is 15.8. The number of ether oxygens (including phenoxy) is 1. The molecular formula is C43H52FN7O6. The SMILES string of the molecule is Cc1cccc(F)c1CN1C[C@H](c2ccc(N3CCN(CCCCNC(=O)COc4cccc5c4C(=O)N(C4CCC(=O)NC4=O)C5=O)CC3)cc2)[C@@H](N(C)C)C1. The Morgan fingerprint density at radius 3 is 2.39 bits per heavy atom. The molecule has 3 fully saturated rings. The van der Waals surface area contributed by atoms with Crippen molar-refractivity contribution in [3.8, 4) is 5.75 Å². The zero-order valence-corrected chi connectivity index (χ0v) is 33.0. The van der Waals surface area contributed by atoms with E-state index in [0.717, 1.165) is 74.7 Å². The highest BCUT2D eigenvalue weighted by molar-refractivity contribution is 6.24. The first-order valence-corrected chi connectivity index (χ1v) is 19.9. The van der Waals surface area contributed by atoms with Crippen LogP contribution >= 0.6 is 0 Å². The van der Waals surface area contributed by atoms with E-state index in [1.807, 2.05) is 13.0 Å². The Hall–Kier alpha value is -5.18. The molecule has 0 radical (unpaired) electrons. The third-order valence-electron chi connectivity index (χ3n) is 11.8. The summed E-state index contributed by atoms with van der Waals surface area (Å²) < 4.78 is 20.3. The van der Waals surface area contributed by atoms with E-state index in [2.05, 4.69) is 68.6 Å². The van der Waals surface area contributed by atoms with E-state index in [-0.39, 0.29) is 48.0 Å². The molecule has 7 rings (SSSR count). The van der Waals surface area contributed by atoms with Crippen molar-refractivity contribution in [3.63, 3.8) is 0 Å². The van der Waals surface area contributed by atoms with E-state index in [4.69, 9.17) is 4.74 Å². The number of rotatable bonds is 14. The largest absolute Gasteiger partial charge is 0.483 e. The second-order valence-electron chi connectivity index (χ2n) is 15.8. The molecule has 13 nitrogen and oxygen atoms in total. The number of benzene rings is 3. The fourth-order valence-corrected chi connectivity index (χ4v) is 8.59. The third-order valence-corrected chi connectivity index (χ3v) is 11.8. The number of aryl methyl sites for hydroxylation is 1. The van der Waals surface area contributed by atoms with Crippen LogP contribution in [0.4, 0.5) is 10.1 Å². The van der Waals surface area contributed by atoms with E-state index >= 15 is 0 Å². The molecule has 3 atom stereocenters. The van der Waals surface area contributed by atoms with Gasteiger partial charge in [-0.05, 0) is 88.3 Å². The van der Waals surface area contributed by atoms with Crippen molar-refractivity contribution >= 4 is 35.2 Å². The summed E-state index contributed by atoms with van der Waals surface area (Å²) in [6.45, 7) is 9.28. The molecule has 0 saturated carbocycles. The third kappa shape index (κ3) is 8.88. The number of likely N-dealkylation sites (N-methyl/N-ethyl adjacent to an activating group) is 1. The van der Waals surface area contributed by atoms with Crippen LogP contribution in [0.25, 0.3) is 0 Å². The minimum Gasteiger partial charge on any atom is -0.483 e. The number of amides is 5. The molecule has 0 bridgehead atoms. The fraction of sp³-hybridized carbons (Fsp3) is 0.465. The number of nitrogens with zero attached hydrogens (tertiary/aromatic N) is 5. The summed E-state index contributed by atoms with van der Waals surface area (Å²) in [4.78, 5) is 73.3. The minimum absolute atomic E-state index is 0.0141. The lowest BCUT2D eigenvalue weighted by molar-refractivity contribution is -0.136. The molecule has 2 N–H and O–H groups in total. The summed E-state index contributed by atoms with van der Waals surface area (Å²) in [7, 11) is 4.26. The smallest absolute Gasteiger partial charge is 0.266 e. The minimum atomic E-state index is -1.08. The number of hydrogen-bond acceptors (Lipinski definition) is 10. The fourth-order valence-electron chi connectivity index (χ4n) is 8.59. The Bertz CT molecular complexity index is 1980. The molecule has 1 unspecified atom stereocenters. The first-order valence-electron chi connectivity index (χ1n) is 19.9. The van der Waals surface area contributed by atoms with Crippen molar-refractivity contribution in [3.05, 3.63) is 94.3 Å². The van der Waals surface area contributed by atoms with Gasteiger partial charge in [0.25, 0.3) is 17.7 Å². The molecule has 3 aromatic carbocycles. The zero-order valence-electron chi connectivity index (χ0n) is 33.0. The van der Waals surface area contributed by atoms with Gasteiger partial charge in [-0.3, -0.25) is 44.0 Å². The number of halogens is 1. The first-order chi connectivity index (χ1) is 27.5. The molecule has 4 aliphatic heterocycles. The maximum atomic E-state index is 14.6. The molecule has 4 aliphatic rings. The van der Waals surface area contributed by atoms with Gasteiger partial charge in [0.2, 0.25) is 11.8 Å². The molecule has 302 valence electrons. The van der Waals surface area contributed by atoms with Gasteiger partial charge in [-0.25, -0.2) is 4.39 Å². The molecule has 0 aliphatic carbocycles. The summed E-state index contributed by atoms with van der Waals surface area (Å²) in [5.74, 6) is -2.47. The lowest BCUT2D eigenvalue weighted by Gasteiger charge is -2.36. The van der Waals surface area contributed by atoms with E-state index in [0.29, 0.717) is 25.0 Å². The van der Waals surface area contributed by atoms with Crippen molar-refractivity contribution in [2.75, 3.05) is 78.0 Å². The normalized spacial score (nSPS) is 21.7. The molecule has 5 amide bonds. The van der Waals surface area contributed by atoms with Crippen LogP contribution in [0.5, 0.6) is 5.75 Å². The van der Waals surface area contributed by atoms with E-state index < -0.39 is 29.7 Å². The highest BCUT2D eigenvalue weighted by Crippen LogP contribution is 2.35. The second kappa shape index (κ2) is 17.5. The number of anilines is 1.